The van der Waals surface area contributed by atoms with Crippen LogP contribution in [0, 0.1) is 5.92 Å². The number of ether oxygens (including phenoxy) is 1. The summed E-state index contributed by atoms with van der Waals surface area (Å²) < 4.78 is 5.69. The van der Waals surface area contributed by atoms with Crippen LogP contribution in [0.15, 0.2) is 36.8 Å². The molecule has 2 aromatic rings. The molecule has 0 fully saturated rings. The predicted molar refractivity (Wildman–Crippen MR) is 80.6 cm³/mol. The number of benzene rings is 1. The minimum Gasteiger partial charge on any atom is -0.493 e. The highest BCUT2D eigenvalue weighted by molar-refractivity contribution is 5.29. The molecule has 0 radical (unpaired) electrons. The van der Waals surface area contributed by atoms with Gasteiger partial charge in [0.1, 0.15) is 5.75 Å². The summed E-state index contributed by atoms with van der Waals surface area (Å²) in [6.45, 7) is 7.99. The van der Waals surface area contributed by atoms with Gasteiger partial charge >= 0.3 is 0 Å². The Balaban J connectivity index is 1.85. The van der Waals surface area contributed by atoms with Crippen LogP contribution in [0.5, 0.6) is 5.75 Å². The maximum atomic E-state index is 5.69. The van der Waals surface area contributed by atoms with Crippen molar-refractivity contribution in [2.24, 2.45) is 5.92 Å². The number of hydrogen-bond acceptors (Lipinski definition) is 3. The minimum atomic E-state index is 0.289. The summed E-state index contributed by atoms with van der Waals surface area (Å²) in [5, 5.41) is 3.46. The fourth-order valence-corrected chi connectivity index (χ4v) is 1.88. The van der Waals surface area contributed by atoms with Gasteiger partial charge in [0.15, 0.2) is 0 Å². The van der Waals surface area contributed by atoms with Gasteiger partial charge in [0.2, 0.25) is 0 Å². The van der Waals surface area contributed by atoms with Crippen molar-refractivity contribution in [2.45, 2.75) is 33.4 Å². The Kier molecular flexibility index (Phi) is 5.18. The highest BCUT2D eigenvalue weighted by Gasteiger charge is 2.06. The SMILES string of the molecule is CC(C)COc1ccc(C(C)NCc2cnc[nH]2)cc1. The van der Waals surface area contributed by atoms with Gasteiger partial charge in [-0.2, -0.15) is 0 Å². The van der Waals surface area contributed by atoms with Crippen LogP contribution in [-0.2, 0) is 6.54 Å². The first-order valence-electron chi connectivity index (χ1n) is 7.08. The predicted octanol–water partition coefficient (Wildman–Crippen LogP) is 3.30. The average Bonchev–Trinajstić information content (AvgIpc) is 2.96. The molecule has 0 amide bonds. The van der Waals surface area contributed by atoms with E-state index in [9.17, 15) is 0 Å². The number of nitrogens with one attached hydrogen (secondary N) is 2. The molecule has 20 heavy (non-hydrogen) atoms. The summed E-state index contributed by atoms with van der Waals surface area (Å²) in [6.07, 6.45) is 3.53. The molecule has 0 bridgehead atoms. The van der Waals surface area contributed by atoms with Crippen molar-refractivity contribution in [1.82, 2.24) is 15.3 Å². The second kappa shape index (κ2) is 7.10. The van der Waals surface area contributed by atoms with E-state index in [4.69, 9.17) is 4.74 Å². The fraction of sp³-hybridized carbons (Fsp3) is 0.438. The molecule has 2 N–H and O–H groups in total. The molecule has 0 spiro atoms. The van der Waals surface area contributed by atoms with Gasteiger partial charge in [-0.3, -0.25) is 0 Å². The minimum absolute atomic E-state index is 0.289. The van der Waals surface area contributed by atoms with E-state index in [2.05, 4.69) is 48.2 Å². The van der Waals surface area contributed by atoms with E-state index in [1.807, 2.05) is 18.3 Å². The highest BCUT2D eigenvalue weighted by Crippen LogP contribution is 2.18. The molecule has 0 aliphatic rings. The molecule has 4 heteroatoms. The monoisotopic (exact) mass is 273 g/mol. The van der Waals surface area contributed by atoms with Crippen molar-refractivity contribution in [1.29, 1.82) is 0 Å². The van der Waals surface area contributed by atoms with Gasteiger partial charge in [0.25, 0.3) is 0 Å². The topological polar surface area (TPSA) is 49.9 Å². The smallest absolute Gasteiger partial charge is 0.119 e. The van der Waals surface area contributed by atoms with Crippen molar-refractivity contribution in [2.75, 3.05) is 6.61 Å². The van der Waals surface area contributed by atoms with E-state index in [1.54, 1.807) is 6.33 Å². The van der Waals surface area contributed by atoms with Crippen molar-refractivity contribution in [3.8, 4) is 5.75 Å². The van der Waals surface area contributed by atoms with Crippen molar-refractivity contribution < 1.29 is 4.74 Å². The summed E-state index contributed by atoms with van der Waals surface area (Å²) in [5.74, 6) is 1.48. The molecule has 1 aromatic carbocycles. The number of aromatic amines is 1. The fourth-order valence-electron chi connectivity index (χ4n) is 1.88. The van der Waals surface area contributed by atoms with Crippen LogP contribution in [0.2, 0.25) is 0 Å². The van der Waals surface area contributed by atoms with E-state index < -0.39 is 0 Å². The lowest BCUT2D eigenvalue weighted by Crippen LogP contribution is -2.18. The second-order valence-electron chi connectivity index (χ2n) is 5.45. The van der Waals surface area contributed by atoms with Crippen LogP contribution in [-0.4, -0.2) is 16.6 Å². The molecule has 0 aliphatic carbocycles. The molecular weight excluding hydrogens is 250 g/mol. The largest absolute Gasteiger partial charge is 0.493 e. The van der Waals surface area contributed by atoms with Gasteiger partial charge in [-0.1, -0.05) is 26.0 Å². The lowest BCUT2D eigenvalue weighted by atomic mass is 10.1. The normalized spacial score (nSPS) is 12.6. The molecule has 0 aliphatic heterocycles. The molecule has 0 saturated heterocycles. The zero-order valence-electron chi connectivity index (χ0n) is 12.4. The van der Waals surface area contributed by atoms with E-state index in [0.717, 1.165) is 24.6 Å². The second-order valence-corrected chi connectivity index (χ2v) is 5.45. The molecule has 0 saturated carbocycles. The summed E-state index contributed by atoms with van der Waals surface area (Å²) >= 11 is 0. The van der Waals surface area contributed by atoms with Crippen molar-refractivity contribution >= 4 is 0 Å². The maximum absolute atomic E-state index is 5.69. The number of hydrogen-bond donors (Lipinski definition) is 2. The van der Waals surface area contributed by atoms with Crippen LogP contribution in [0.3, 0.4) is 0 Å². The molecule has 108 valence electrons. The van der Waals surface area contributed by atoms with Crippen molar-refractivity contribution in [3.05, 3.63) is 48.0 Å². The molecule has 1 aromatic heterocycles. The van der Waals surface area contributed by atoms with Gasteiger partial charge in [-0.15, -0.1) is 0 Å². The Bertz CT molecular complexity index is 491. The summed E-state index contributed by atoms with van der Waals surface area (Å²) in [4.78, 5) is 7.09. The average molecular weight is 273 g/mol. The standard InChI is InChI=1S/C16H23N3O/c1-12(2)10-20-16-6-4-14(5-7-16)13(3)18-9-15-8-17-11-19-15/h4-8,11-13,18H,9-10H2,1-3H3,(H,17,19). The zero-order valence-corrected chi connectivity index (χ0v) is 12.4. The highest BCUT2D eigenvalue weighted by atomic mass is 16.5. The first kappa shape index (κ1) is 14.6. The van der Waals surface area contributed by atoms with Gasteiger partial charge < -0.3 is 15.0 Å². The third-order valence-corrected chi connectivity index (χ3v) is 3.12. The number of aromatic nitrogens is 2. The number of imidazole rings is 1. The summed E-state index contributed by atoms with van der Waals surface area (Å²) in [6, 6.07) is 8.58. The third kappa shape index (κ3) is 4.38. The quantitative estimate of drug-likeness (QED) is 0.814. The molecule has 1 heterocycles. The van der Waals surface area contributed by atoms with Crippen LogP contribution >= 0.6 is 0 Å². The van der Waals surface area contributed by atoms with Crippen LogP contribution in [0.1, 0.15) is 38.1 Å². The molecule has 1 atom stereocenters. The number of rotatable bonds is 7. The van der Waals surface area contributed by atoms with Crippen molar-refractivity contribution in [3.63, 3.8) is 0 Å². The number of nitrogens with zero attached hydrogens (tertiary/aromatic N) is 1. The van der Waals surface area contributed by atoms with E-state index >= 15 is 0 Å². The number of H-pyrrole nitrogens is 1. The molecule has 4 nitrogen and oxygen atoms in total. The Labute approximate surface area is 120 Å². The van der Waals surface area contributed by atoms with Crippen LogP contribution < -0.4 is 10.1 Å². The molecule has 2 rings (SSSR count). The van der Waals surface area contributed by atoms with E-state index in [0.29, 0.717) is 5.92 Å². The van der Waals surface area contributed by atoms with Crippen LogP contribution in [0.4, 0.5) is 0 Å². The Morgan fingerprint density at radius 1 is 1.20 bits per heavy atom. The van der Waals surface area contributed by atoms with E-state index in [-0.39, 0.29) is 6.04 Å². The lowest BCUT2D eigenvalue weighted by molar-refractivity contribution is 0.271. The summed E-state index contributed by atoms with van der Waals surface area (Å²) in [5.41, 5.74) is 2.34. The Morgan fingerprint density at radius 3 is 2.55 bits per heavy atom. The summed E-state index contributed by atoms with van der Waals surface area (Å²) in [7, 11) is 0. The Hall–Kier alpha value is -1.81. The zero-order chi connectivity index (χ0) is 14.4. The van der Waals surface area contributed by atoms with Gasteiger partial charge in [0, 0.05) is 24.5 Å². The van der Waals surface area contributed by atoms with Crippen LogP contribution in [0.25, 0.3) is 0 Å². The Morgan fingerprint density at radius 2 is 1.95 bits per heavy atom. The van der Waals surface area contributed by atoms with Gasteiger partial charge in [0.05, 0.1) is 12.9 Å². The van der Waals surface area contributed by atoms with Gasteiger partial charge in [-0.05, 0) is 30.5 Å². The molecule has 1 unspecified atom stereocenters. The van der Waals surface area contributed by atoms with Gasteiger partial charge in [-0.25, -0.2) is 4.98 Å². The molecular formula is C16H23N3O. The lowest BCUT2D eigenvalue weighted by Gasteiger charge is -2.15. The van der Waals surface area contributed by atoms with E-state index in [1.165, 1.54) is 5.56 Å². The first-order chi connectivity index (χ1) is 9.65. The maximum Gasteiger partial charge on any atom is 0.119 e. The first-order valence-corrected chi connectivity index (χ1v) is 7.08. The third-order valence-electron chi connectivity index (χ3n) is 3.12.